The first-order valence-corrected chi connectivity index (χ1v) is 10.1. The quantitative estimate of drug-likeness (QED) is 0.703. The number of aromatic nitrogens is 1. The Kier molecular flexibility index (Phi) is 5.51. The highest BCUT2D eigenvalue weighted by atomic mass is 16.1. The number of aryl methyl sites for hydroxylation is 1. The number of benzene rings is 2. The van der Waals surface area contributed by atoms with Crippen LogP contribution in [0.4, 0.5) is 0 Å². The number of H-pyrrole nitrogens is 1. The van der Waals surface area contributed by atoms with Crippen LogP contribution in [0.1, 0.15) is 21.6 Å². The molecule has 5 heteroatoms. The fourth-order valence-electron chi connectivity index (χ4n) is 3.88. The molecular formula is C24H28N4O. The highest BCUT2D eigenvalue weighted by molar-refractivity contribution is 5.95. The number of nitrogens with two attached hydrogens (primary N) is 1. The molecule has 0 bridgehead atoms. The average Bonchev–Trinajstić information content (AvgIpc) is 3.12. The second-order valence-electron chi connectivity index (χ2n) is 7.94. The van der Waals surface area contributed by atoms with E-state index < -0.39 is 5.91 Å². The predicted molar refractivity (Wildman–Crippen MR) is 118 cm³/mol. The van der Waals surface area contributed by atoms with Crippen LogP contribution in [0.15, 0.2) is 54.6 Å². The number of carbonyl (C=O) groups excluding carboxylic acids is 1. The zero-order valence-corrected chi connectivity index (χ0v) is 17.1. The molecule has 0 unspecified atom stereocenters. The smallest absolute Gasteiger partial charge is 0.250 e. The highest BCUT2D eigenvalue weighted by Crippen LogP contribution is 2.26. The Bertz CT molecular complexity index is 981. The molecule has 0 radical (unpaired) electrons. The number of likely N-dealkylation sites (N-methyl/N-ethyl adjacent to an activating group) is 1. The average molecular weight is 389 g/mol. The molecule has 0 saturated carbocycles. The van der Waals surface area contributed by atoms with Crippen LogP contribution in [0, 0.1) is 6.92 Å². The van der Waals surface area contributed by atoms with Crippen molar-refractivity contribution in [2.75, 3.05) is 33.2 Å². The first-order valence-electron chi connectivity index (χ1n) is 10.1. The third-order valence-corrected chi connectivity index (χ3v) is 5.77. The Morgan fingerprint density at radius 2 is 1.48 bits per heavy atom. The number of hydrogen-bond donors (Lipinski definition) is 2. The van der Waals surface area contributed by atoms with Crippen LogP contribution in [0.5, 0.6) is 0 Å². The minimum Gasteiger partial charge on any atom is -0.366 e. The number of nitrogens with one attached hydrogen (secondary N) is 1. The van der Waals surface area contributed by atoms with Crippen LogP contribution < -0.4 is 5.73 Å². The normalized spacial score (nSPS) is 15.5. The molecule has 4 rings (SSSR count). The lowest BCUT2D eigenvalue weighted by atomic mass is 10.0. The van der Waals surface area contributed by atoms with Crippen molar-refractivity contribution in [2.24, 2.45) is 5.73 Å². The molecule has 1 aromatic heterocycles. The second-order valence-corrected chi connectivity index (χ2v) is 7.94. The van der Waals surface area contributed by atoms with Gasteiger partial charge in [-0.2, -0.15) is 0 Å². The number of aromatic amines is 1. The van der Waals surface area contributed by atoms with Gasteiger partial charge in [0, 0.05) is 44.1 Å². The van der Waals surface area contributed by atoms with Gasteiger partial charge in [0.2, 0.25) is 0 Å². The molecule has 29 heavy (non-hydrogen) atoms. The molecule has 1 aliphatic heterocycles. The summed E-state index contributed by atoms with van der Waals surface area (Å²) in [7, 11) is 2.19. The van der Waals surface area contributed by atoms with E-state index in [9.17, 15) is 4.79 Å². The standard InChI is InChI=1S/C24H28N4O/c1-17-22(24(25)29)15-23(26-17)21-9-7-20(8-10-21)19-5-3-18(4-6-19)16-28-13-11-27(2)12-14-28/h3-10,15,26H,11-14,16H2,1-2H3,(H2,25,29). The molecule has 2 heterocycles. The van der Waals surface area contributed by atoms with Crippen LogP contribution >= 0.6 is 0 Å². The summed E-state index contributed by atoms with van der Waals surface area (Å²) < 4.78 is 0. The van der Waals surface area contributed by atoms with Gasteiger partial charge in [0.05, 0.1) is 5.56 Å². The number of primary amides is 1. The molecule has 2 aromatic carbocycles. The van der Waals surface area contributed by atoms with E-state index in [0.29, 0.717) is 5.56 Å². The van der Waals surface area contributed by atoms with Gasteiger partial charge in [0.1, 0.15) is 0 Å². The summed E-state index contributed by atoms with van der Waals surface area (Å²) in [5, 5.41) is 0. The van der Waals surface area contributed by atoms with Gasteiger partial charge in [-0.3, -0.25) is 9.69 Å². The summed E-state index contributed by atoms with van der Waals surface area (Å²) in [6.45, 7) is 7.44. The maximum Gasteiger partial charge on any atom is 0.250 e. The summed E-state index contributed by atoms with van der Waals surface area (Å²) in [6, 6.07) is 19.1. The Hall–Kier alpha value is -2.89. The van der Waals surface area contributed by atoms with E-state index in [1.165, 1.54) is 16.7 Å². The number of carbonyl (C=O) groups is 1. The van der Waals surface area contributed by atoms with Gasteiger partial charge in [-0.15, -0.1) is 0 Å². The Balaban J connectivity index is 1.45. The maximum absolute atomic E-state index is 11.5. The van der Waals surface area contributed by atoms with Crippen LogP contribution in [-0.4, -0.2) is 53.9 Å². The highest BCUT2D eigenvalue weighted by Gasteiger charge is 2.14. The van der Waals surface area contributed by atoms with Crippen LogP contribution in [0.3, 0.4) is 0 Å². The van der Waals surface area contributed by atoms with Crippen molar-refractivity contribution in [3.8, 4) is 22.4 Å². The molecule has 5 nitrogen and oxygen atoms in total. The van der Waals surface area contributed by atoms with Crippen molar-refractivity contribution < 1.29 is 4.79 Å². The largest absolute Gasteiger partial charge is 0.366 e. The van der Waals surface area contributed by atoms with E-state index >= 15 is 0 Å². The summed E-state index contributed by atoms with van der Waals surface area (Å²) in [5.41, 5.74) is 12.4. The molecule has 3 aromatic rings. The van der Waals surface area contributed by atoms with E-state index in [0.717, 1.165) is 49.7 Å². The van der Waals surface area contributed by atoms with Crippen LogP contribution in [-0.2, 0) is 6.54 Å². The first-order chi connectivity index (χ1) is 14.0. The van der Waals surface area contributed by atoms with Crippen LogP contribution in [0.25, 0.3) is 22.4 Å². The van der Waals surface area contributed by atoms with Gasteiger partial charge in [0.15, 0.2) is 0 Å². The molecule has 0 spiro atoms. The molecule has 3 N–H and O–H groups in total. The Morgan fingerprint density at radius 3 is 2.03 bits per heavy atom. The van der Waals surface area contributed by atoms with Gasteiger partial charge in [-0.05, 0) is 42.3 Å². The van der Waals surface area contributed by atoms with Gasteiger partial charge in [-0.25, -0.2) is 0 Å². The predicted octanol–water partition coefficient (Wildman–Crippen LogP) is 3.50. The molecular weight excluding hydrogens is 360 g/mol. The van der Waals surface area contributed by atoms with Crippen molar-refractivity contribution in [1.29, 1.82) is 0 Å². The van der Waals surface area contributed by atoms with E-state index in [2.05, 4.69) is 70.4 Å². The number of rotatable bonds is 5. The second kappa shape index (κ2) is 8.23. The number of nitrogens with zero attached hydrogens (tertiary/aromatic N) is 2. The Morgan fingerprint density at radius 1 is 0.931 bits per heavy atom. The maximum atomic E-state index is 11.5. The van der Waals surface area contributed by atoms with E-state index in [1.54, 1.807) is 0 Å². The van der Waals surface area contributed by atoms with Gasteiger partial charge < -0.3 is 15.6 Å². The molecule has 0 aliphatic carbocycles. The minimum atomic E-state index is -0.404. The lowest BCUT2D eigenvalue weighted by Gasteiger charge is -2.32. The molecule has 1 aliphatic rings. The van der Waals surface area contributed by atoms with Crippen molar-refractivity contribution in [2.45, 2.75) is 13.5 Å². The van der Waals surface area contributed by atoms with Gasteiger partial charge >= 0.3 is 0 Å². The number of amides is 1. The lowest BCUT2D eigenvalue weighted by molar-refractivity contribution is 0.1000. The van der Waals surface area contributed by atoms with Crippen molar-refractivity contribution in [3.05, 3.63) is 71.4 Å². The molecule has 0 atom stereocenters. The molecule has 1 amide bonds. The Labute approximate surface area is 172 Å². The third-order valence-electron chi connectivity index (χ3n) is 5.77. The van der Waals surface area contributed by atoms with Crippen molar-refractivity contribution >= 4 is 5.91 Å². The monoisotopic (exact) mass is 388 g/mol. The van der Waals surface area contributed by atoms with Gasteiger partial charge in [-0.1, -0.05) is 48.5 Å². The van der Waals surface area contributed by atoms with E-state index in [1.807, 2.05) is 13.0 Å². The van der Waals surface area contributed by atoms with Crippen LogP contribution in [0.2, 0.25) is 0 Å². The van der Waals surface area contributed by atoms with Crippen molar-refractivity contribution in [1.82, 2.24) is 14.8 Å². The van der Waals surface area contributed by atoms with Gasteiger partial charge in [0.25, 0.3) is 5.91 Å². The van der Waals surface area contributed by atoms with Crippen molar-refractivity contribution in [3.63, 3.8) is 0 Å². The number of piperazine rings is 1. The molecule has 150 valence electrons. The molecule has 1 fully saturated rings. The fraction of sp³-hybridized carbons (Fsp3) is 0.292. The van der Waals surface area contributed by atoms with E-state index in [4.69, 9.17) is 5.73 Å². The third kappa shape index (κ3) is 4.42. The first kappa shape index (κ1) is 19.4. The minimum absolute atomic E-state index is 0.404. The molecule has 1 saturated heterocycles. The SMILES string of the molecule is Cc1[nH]c(-c2ccc(-c3ccc(CN4CCN(C)CC4)cc3)cc2)cc1C(N)=O. The zero-order valence-electron chi connectivity index (χ0n) is 17.1. The number of hydrogen-bond acceptors (Lipinski definition) is 3. The summed E-state index contributed by atoms with van der Waals surface area (Å²) in [4.78, 5) is 19.6. The topological polar surface area (TPSA) is 65.4 Å². The zero-order chi connectivity index (χ0) is 20.4. The summed E-state index contributed by atoms with van der Waals surface area (Å²) >= 11 is 0. The fourth-order valence-corrected chi connectivity index (χ4v) is 3.88. The summed E-state index contributed by atoms with van der Waals surface area (Å²) in [5.74, 6) is -0.404. The summed E-state index contributed by atoms with van der Waals surface area (Å²) in [6.07, 6.45) is 0. The lowest BCUT2D eigenvalue weighted by Crippen LogP contribution is -2.43. The van der Waals surface area contributed by atoms with E-state index in [-0.39, 0.29) is 0 Å².